The Morgan fingerprint density at radius 3 is 2.31 bits per heavy atom. The quantitative estimate of drug-likeness (QED) is 0.519. The summed E-state index contributed by atoms with van der Waals surface area (Å²) in [5.41, 5.74) is 0.924. The maximum Gasteiger partial charge on any atom is 0.223 e. The molecule has 32 heavy (non-hydrogen) atoms. The molecule has 1 aliphatic rings. The number of aromatic nitrogens is 1. The first-order valence-corrected chi connectivity index (χ1v) is 12.7. The molecule has 1 aliphatic heterocycles. The molecule has 170 valence electrons. The molecule has 0 bridgehead atoms. The Hall–Kier alpha value is -2.85. The Labute approximate surface area is 191 Å². The van der Waals surface area contributed by atoms with Crippen molar-refractivity contribution in [3.05, 3.63) is 42.5 Å². The van der Waals surface area contributed by atoms with Gasteiger partial charge in [-0.3, -0.25) is 4.79 Å². The van der Waals surface area contributed by atoms with E-state index in [-0.39, 0.29) is 23.0 Å². The summed E-state index contributed by atoms with van der Waals surface area (Å²) in [5.74, 6) is 1.03. The number of hydrogen-bond acceptors (Lipinski definition) is 8. The van der Waals surface area contributed by atoms with E-state index in [1.807, 2.05) is 18.2 Å². The summed E-state index contributed by atoms with van der Waals surface area (Å²) in [4.78, 5) is 21.4. The number of benzene rings is 2. The summed E-state index contributed by atoms with van der Waals surface area (Å²) < 4.78 is 36.5. The van der Waals surface area contributed by atoms with Crippen LogP contribution in [0, 0.1) is 0 Å². The average molecular weight is 476 g/mol. The van der Waals surface area contributed by atoms with Crippen LogP contribution >= 0.6 is 11.3 Å². The van der Waals surface area contributed by atoms with Gasteiger partial charge in [0.1, 0.15) is 11.5 Å². The smallest absolute Gasteiger partial charge is 0.223 e. The molecule has 1 aromatic heterocycles. The average Bonchev–Trinajstić information content (AvgIpc) is 3.26. The highest BCUT2D eigenvalue weighted by atomic mass is 32.2. The summed E-state index contributed by atoms with van der Waals surface area (Å²) in [5, 5.41) is 0.919. The lowest BCUT2D eigenvalue weighted by Crippen LogP contribution is -2.49. The van der Waals surface area contributed by atoms with Crippen LogP contribution in [-0.4, -0.2) is 70.4 Å². The number of amides is 1. The molecule has 1 amide bonds. The lowest BCUT2D eigenvalue weighted by molar-refractivity contribution is -0.131. The minimum Gasteiger partial charge on any atom is -0.497 e. The third-order valence-electron chi connectivity index (χ3n) is 5.49. The monoisotopic (exact) mass is 475 g/mol. The van der Waals surface area contributed by atoms with E-state index in [0.29, 0.717) is 31.9 Å². The van der Waals surface area contributed by atoms with Gasteiger partial charge in [0, 0.05) is 32.6 Å². The zero-order valence-electron chi connectivity index (χ0n) is 18.0. The zero-order chi connectivity index (χ0) is 22.7. The molecule has 3 aromatic rings. The van der Waals surface area contributed by atoms with Crippen LogP contribution in [0.1, 0.15) is 6.42 Å². The van der Waals surface area contributed by atoms with Gasteiger partial charge in [-0.25, -0.2) is 13.4 Å². The van der Waals surface area contributed by atoms with E-state index in [0.717, 1.165) is 21.1 Å². The van der Waals surface area contributed by atoms with Gasteiger partial charge in [0.2, 0.25) is 5.91 Å². The van der Waals surface area contributed by atoms with Crippen LogP contribution < -0.4 is 14.4 Å². The number of carbonyl (C=O) groups is 1. The van der Waals surface area contributed by atoms with Gasteiger partial charge < -0.3 is 19.3 Å². The van der Waals surface area contributed by atoms with Crippen LogP contribution in [0.4, 0.5) is 5.13 Å². The van der Waals surface area contributed by atoms with E-state index in [1.54, 1.807) is 35.5 Å². The van der Waals surface area contributed by atoms with Crippen molar-refractivity contribution >= 4 is 42.4 Å². The number of anilines is 1. The molecule has 2 aromatic carbocycles. The van der Waals surface area contributed by atoms with Crippen LogP contribution in [0.25, 0.3) is 10.2 Å². The maximum absolute atomic E-state index is 12.6. The van der Waals surface area contributed by atoms with Crippen LogP contribution in [0.3, 0.4) is 0 Å². The number of thiazole rings is 1. The van der Waals surface area contributed by atoms with Gasteiger partial charge in [-0.2, -0.15) is 0 Å². The highest BCUT2D eigenvalue weighted by Gasteiger charge is 2.25. The summed E-state index contributed by atoms with van der Waals surface area (Å²) >= 11 is 1.60. The second kappa shape index (κ2) is 9.33. The van der Waals surface area contributed by atoms with Crippen molar-refractivity contribution in [1.29, 1.82) is 0 Å². The topological polar surface area (TPSA) is 89.0 Å². The molecule has 0 saturated carbocycles. The molecule has 0 spiro atoms. The molecule has 0 radical (unpaired) electrons. The van der Waals surface area contributed by atoms with E-state index >= 15 is 0 Å². The Balaban J connectivity index is 1.32. The highest BCUT2D eigenvalue weighted by Crippen LogP contribution is 2.32. The Bertz CT molecular complexity index is 1200. The van der Waals surface area contributed by atoms with Crippen LogP contribution in [0.2, 0.25) is 0 Å². The van der Waals surface area contributed by atoms with Gasteiger partial charge in [-0.05, 0) is 42.5 Å². The third kappa shape index (κ3) is 4.81. The summed E-state index contributed by atoms with van der Waals surface area (Å²) in [6.07, 6.45) is -0.0324. The Kier molecular flexibility index (Phi) is 6.52. The minimum absolute atomic E-state index is 0.0324. The number of methoxy groups -OCH3 is 2. The maximum atomic E-state index is 12.6. The minimum atomic E-state index is -3.53. The van der Waals surface area contributed by atoms with E-state index in [4.69, 9.17) is 14.5 Å². The second-order valence-electron chi connectivity index (χ2n) is 7.44. The number of piperazine rings is 1. The van der Waals surface area contributed by atoms with Gasteiger partial charge in [0.25, 0.3) is 0 Å². The van der Waals surface area contributed by atoms with Crippen molar-refractivity contribution in [2.24, 2.45) is 0 Å². The van der Waals surface area contributed by atoms with E-state index in [9.17, 15) is 13.2 Å². The van der Waals surface area contributed by atoms with E-state index in [1.165, 1.54) is 19.2 Å². The summed E-state index contributed by atoms with van der Waals surface area (Å²) in [7, 11) is -0.361. The number of nitrogens with zero attached hydrogens (tertiary/aromatic N) is 3. The highest BCUT2D eigenvalue weighted by molar-refractivity contribution is 7.91. The Morgan fingerprint density at radius 1 is 1.00 bits per heavy atom. The molecule has 10 heteroatoms. The summed E-state index contributed by atoms with van der Waals surface area (Å²) in [6.45, 7) is 2.41. The first-order valence-electron chi connectivity index (χ1n) is 10.2. The predicted octanol–water partition coefficient (Wildman–Crippen LogP) is 2.83. The number of hydrogen-bond donors (Lipinski definition) is 0. The van der Waals surface area contributed by atoms with Gasteiger partial charge in [0.15, 0.2) is 15.0 Å². The summed E-state index contributed by atoms with van der Waals surface area (Å²) in [6, 6.07) is 12.0. The van der Waals surface area contributed by atoms with E-state index < -0.39 is 9.84 Å². The number of ether oxygens (including phenoxy) is 2. The SMILES string of the molecule is COc1ccc(S(=O)(=O)CCC(=O)N2CCN(c3nc4ccc(OC)cc4s3)CC2)cc1. The number of fused-ring (bicyclic) bond motifs is 1. The molecular formula is C22H25N3O5S2. The van der Waals surface area contributed by atoms with E-state index in [2.05, 4.69) is 4.90 Å². The molecule has 2 heterocycles. The zero-order valence-corrected chi connectivity index (χ0v) is 19.6. The molecule has 1 saturated heterocycles. The first kappa shape index (κ1) is 22.3. The fourth-order valence-corrected chi connectivity index (χ4v) is 5.86. The molecule has 8 nitrogen and oxygen atoms in total. The number of sulfone groups is 1. The lowest BCUT2D eigenvalue weighted by atomic mass is 10.3. The third-order valence-corrected chi connectivity index (χ3v) is 8.30. The normalized spacial score (nSPS) is 14.6. The molecule has 0 atom stereocenters. The van der Waals surface area contributed by atoms with Crippen LogP contribution in [-0.2, 0) is 14.6 Å². The van der Waals surface area contributed by atoms with Gasteiger partial charge in [-0.15, -0.1) is 0 Å². The fraction of sp³-hybridized carbons (Fsp3) is 0.364. The molecule has 4 rings (SSSR count). The van der Waals surface area contributed by atoms with Crippen molar-refractivity contribution in [3.63, 3.8) is 0 Å². The first-order chi connectivity index (χ1) is 15.4. The van der Waals surface area contributed by atoms with Crippen LogP contribution in [0.5, 0.6) is 11.5 Å². The predicted molar refractivity (Wildman–Crippen MR) is 125 cm³/mol. The molecule has 0 unspecified atom stereocenters. The number of rotatable bonds is 7. The van der Waals surface area contributed by atoms with Crippen molar-refractivity contribution < 1.29 is 22.7 Å². The van der Waals surface area contributed by atoms with Gasteiger partial charge in [-0.1, -0.05) is 11.3 Å². The molecule has 1 fully saturated rings. The number of carbonyl (C=O) groups excluding carboxylic acids is 1. The Morgan fingerprint density at radius 2 is 1.66 bits per heavy atom. The molecular weight excluding hydrogens is 450 g/mol. The molecule has 0 aliphatic carbocycles. The fourth-order valence-electron chi connectivity index (χ4n) is 3.58. The van der Waals surface area contributed by atoms with Crippen molar-refractivity contribution in [2.45, 2.75) is 11.3 Å². The van der Waals surface area contributed by atoms with Crippen molar-refractivity contribution in [3.8, 4) is 11.5 Å². The van der Waals surface area contributed by atoms with Gasteiger partial charge >= 0.3 is 0 Å². The molecule has 0 N–H and O–H groups in total. The van der Waals surface area contributed by atoms with Gasteiger partial charge in [0.05, 0.1) is 35.1 Å². The largest absolute Gasteiger partial charge is 0.497 e. The van der Waals surface area contributed by atoms with Crippen molar-refractivity contribution in [2.75, 3.05) is 51.1 Å². The van der Waals surface area contributed by atoms with Crippen molar-refractivity contribution in [1.82, 2.24) is 9.88 Å². The second-order valence-corrected chi connectivity index (χ2v) is 10.6. The lowest BCUT2D eigenvalue weighted by Gasteiger charge is -2.34. The van der Waals surface area contributed by atoms with Crippen LogP contribution in [0.15, 0.2) is 47.4 Å². The standard InChI is InChI=1S/C22H25N3O5S2/c1-29-16-3-6-18(7-4-16)32(27,28)14-9-21(26)24-10-12-25(13-11-24)22-23-19-8-5-17(30-2)15-20(19)31-22/h3-8,15H,9-14H2,1-2H3.